The van der Waals surface area contributed by atoms with Gasteiger partial charge in [0.15, 0.2) is 6.29 Å². The van der Waals surface area contributed by atoms with Gasteiger partial charge < -0.3 is 14.6 Å². The molecule has 0 radical (unpaired) electrons. The van der Waals surface area contributed by atoms with Crippen molar-refractivity contribution in [1.29, 1.82) is 0 Å². The maximum Gasteiger partial charge on any atom is 0.158 e. The van der Waals surface area contributed by atoms with Crippen LogP contribution in [-0.4, -0.2) is 30.2 Å². The molecule has 1 heterocycles. The molecule has 0 saturated carbocycles. The fourth-order valence-electron chi connectivity index (χ4n) is 1.87. The molecule has 3 heteroatoms. The van der Waals surface area contributed by atoms with Crippen molar-refractivity contribution in [3.05, 3.63) is 0 Å². The highest BCUT2D eigenvalue weighted by Gasteiger charge is 2.19. The van der Waals surface area contributed by atoms with E-state index in [1.54, 1.807) is 0 Å². The van der Waals surface area contributed by atoms with Gasteiger partial charge in [-0.3, -0.25) is 0 Å². The van der Waals surface area contributed by atoms with E-state index in [2.05, 4.69) is 6.92 Å². The minimum atomic E-state index is -0.528. The number of ether oxygens (including phenoxy) is 2. The van der Waals surface area contributed by atoms with Crippen LogP contribution in [0.15, 0.2) is 0 Å². The van der Waals surface area contributed by atoms with E-state index in [1.165, 1.54) is 0 Å². The average Bonchev–Trinajstić information content (AvgIpc) is 2.54. The Kier molecular flexibility index (Phi) is 5.03. The summed E-state index contributed by atoms with van der Waals surface area (Å²) < 4.78 is 10.8. The van der Waals surface area contributed by atoms with Crippen LogP contribution in [0.2, 0.25) is 0 Å². The number of rotatable bonds is 6. The summed E-state index contributed by atoms with van der Waals surface area (Å²) in [5, 5.41) is 9.57. The fourth-order valence-corrected chi connectivity index (χ4v) is 1.87. The summed E-state index contributed by atoms with van der Waals surface area (Å²) in [6.07, 6.45) is 4.06. The maximum atomic E-state index is 9.57. The molecule has 1 aliphatic rings. The Morgan fingerprint density at radius 1 is 1.33 bits per heavy atom. The van der Waals surface area contributed by atoms with Crippen molar-refractivity contribution in [3.8, 4) is 0 Å². The first-order valence-electron chi connectivity index (χ1n) is 5.93. The molecule has 3 nitrogen and oxygen atoms in total. The molecule has 0 aromatic rings. The smallest absolute Gasteiger partial charge is 0.158 e. The number of hydrogen-bond donors (Lipinski definition) is 1. The van der Waals surface area contributed by atoms with Crippen LogP contribution >= 0.6 is 0 Å². The summed E-state index contributed by atoms with van der Waals surface area (Å²) in [5.41, 5.74) is -0.528. The minimum Gasteiger partial charge on any atom is -0.390 e. The third kappa shape index (κ3) is 6.13. The van der Waals surface area contributed by atoms with Gasteiger partial charge >= 0.3 is 0 Å². The van der Waals surface area contributed by atoms with Crippen LogP contribution in [0.3, 0.4) is 0 Å². The molecule has 0 amide bonds. The van der Waals surface area contributed by atoms with Gasteiger partial charge in [0.1, 0.15) is 0 Å². The topological polar surface area (TPSA) is 38.7 Å². The summed E-state index contributed by atoms with van der Waals surface area (Å²) in [7, 11) is 0. The second kappa shape index (κ2) is 5.83. The Morgan fingerprint density at radius 2 is 1.93 bits per heavy atom. The van der Waals surface area contributed by atoms with E-state index in [-0.39, 0.29) is 6.29 Å². The van der Waals surface area contributed by atoms with Crippen LogP contribution in [0.5, 0.6) is 0 Å². The normalized spacial score (nSPS) is 20.8. The zero-order chi connectivity index (χ0) is 11.3. The van der Waals surface area contributed by atoms with Crippen LogP contribution in [-0.2, 0) is 9.47 Å². The highest BCUT2D eigenvalue weighted by molar-refractivity contribution is 4.67. The van der Waals surface area contributed by atoms with Crippen LogP contribution < -0.4 is 0 Å². The van der Waals surface area contributed by atoms with E-state index in [9.17, 15) is 5.11 Å². The van der Waals surface area contributed by atoms with Gasteiger partial charge in [-0.25, -0.2) is 0 Å². The second-order valence-electron chi connectivity index (χ2n) is 5.22. The third-order valence-corrected chi connectivity index (χ3v) is 2.77. The van der Waals surface area contributed by atoms with Crippen molar-refractivity contribution in [1.82, 2.24) is 0 Å². The van der Waals surface area contributed by atoms with Crippen molar-refractivity contribution in [2.75, 3.05) is 13.2 Å². The van der Waals surface area contributed by atoms with Crippen molar-refractivity contribution in [3.63, 3.8) is 0 Å². The quantitative estimate of drug-likeness (QED) is 0.740. The molecule has 90 valence electrons. The maximum absolute atomic E-state index is 9.57. The van der Waals surface area contributed by atoms with Crippen LogP contribution in [0, 0.1) is 5.92 Å². The van der Waals surface area contributed by atoms with E-state index in [0.29, 0.717) is 5.92 Å². The Hall–Kier alpha value is -0.120. The van der Waals surface area contributed by atoms with E-state index in [0.717, 1.165) is 38.9 Å². The number of aliphatic hydroxyl groups is 1. The molecule has 0 aromatic carbocycles. The largest absolute Gasteiger partial charge is 0.390 e. The predicted octanol–water partition coefficient (Wildman–Crippen LogP) is 2.33. The molecule has 1 aliphatic heterocycles. The van der Waals surface area contributed by atoms with E-state index < -0.39 is 5.60 Å². The second-order valence-corrected chi connectivity index (χ2v) is 5.22. The van der Waals surface area contributed by atoms with E-state index in [1.807, 2.05) is 13.8 Å². The van der Waals surface area contributed by atoms with Gasteiger partial charge in [-0.15, -0.1) is 0 Å². The van der Waals surface area contributed by atoms with E-state index in [4.69, 9.17) is 9.47 Å². The van der Waals surface area contributed by atoms with E-state index >= 15 is 0 Å². The van der Waals surface area contributed by atoms with Crippen LogP contribution in [0.1, 0.15) is 46.5 Å². The van der Waals surface area contributed by atoms with Gasteiger partial charge in [0, 0.05) is 6.42 Å². The van der Waals surface area contributed by atoms with Gasteiger partial charge in [-0.2, -0.15) is 0 Å². The van der Waals surface area contributed by atoms with Crippen molar-refractivity contribution < 1.29 is 14.6 Å². The lowest BCUT2D eigenvalue weighted by molar-refractivity contribution is -0.0565. The standard InChI is InChI=1S/C12H24O3/c1-10(5-4-6-12(2,3)13)9-11-14-7-8-15-11/h10-11,13H,4-9H2,1-3H3. The Balaban J connectivity index is 2.05. The molecular weight excluding hydrogens is 192 g/mol. The first-order valence-corrected chi connectivity index (χ1v) is 5.93. The monoisotopic (exact) mass is 216 g/mol. The first kappa shape index (κ1) is 12.9. The molecule has 0 bridgehead atoms. The molecular formula is C12H24O3. The molecule has 0 spiro atoms. The summed E-state index contributed by atoms with van der Waals surface area (Å²) in [6, 6.07) is 0. The number of hydrogen-bond acceptors (Lipinski definition) is 3. The van der Waals surface area contributed by atoms with Gasteiger partial charge in [0.05, 0.1) is 18.8 Å². The Bertz CT molecular complexity index is 168. The van der Waals surface area contributed by atoms with Crippen molar-refractivity contribution in [2.24, 2.45) is 5.92 Å². The molecule has 0 aromatic heterocycles. The van der Waals surface area contributed by atoms with Crippen molar-refractivity contribution in [2.45, 2.75) is 58.3 Å². The Morgan fingerprint density at radius 3 is 2.47 bits per heavy atom. The molecule has 1 unspecified atom stereocenters. The average molecular weight is 216 g/mol. The fraction of sp³-hybridized carbons (Fsp3) is 1.00. The molecule has 1 atom stereocenters. The molecule has 15 heavy (non-hydrogen) atoms. The lowest BCUT2D eigenvalue weighted by atomic mass is 9.95. The van der Waals surface area contributed by atoms with Crippen molar-refractivity contribution >= 4 is 0 Å². The van der Waals surface area contributed by atoms with Gasteiger partial charge in [0.2, 0.25) is 0 Å². The highest BCUT2D eigenvalue weighted by Crippen LogP contribution is 2.21. The first-order chi connectivity index (χ1) is 6.97. The minimum absolute atomic E-state index is 0.0159. The molecule has 1 N–H and O–H groups in total. The molecule has 1 saturated heterocycles. The van der Waals surface area contributed by atoms with Gasteiger partial charge in [-0.1, -0.05) is 19.8 Å². The summed E-state index contributed by atoms with van der Waals surface area (Å²) in [6.45, 7) is 7.42. The molecule has 1 fully saturated rings. The SMILES string of the molecule is CC(CCCC(C)(C)O)CC1OCCO1. The Labute approximate surface area is 92.8 Å². The van der Waals surface area contributed by atoms with Crippen LogP contribution in [0.25, 0.3) is 0 Å². The highest BCUT2D eigenvalue weighted by atomic mass is 16.7. The predicted molar refractivity (Wildman–Crippen MR) is 59.6 cm³/mol. The lowest BCUT2D eigenvalue weighted by Gasteiger charge is -2.19. The summed E-state index contributed by atoms with van der Waals surface area (Å²) in [4.78, 5) is 0. The molecule has 1 rings (SSSR count). The van der Waals surface area contributed by atoms with Crippen LogP contribution in [0.4, 0.5) is 0 Å². The van der Waals surface area contributed by atoms with Gasteiger partial charge in [0.25, 0.3) is 0 Å². The zero-order valence-electron chi connectivity index (χ0n) is 10.2. The summed E-state index contributed by atoms with van der Waals surface area (Å²) in [5.74, 6) is 0.607. The third-order valence-electron chi connectivity index (χ3n) is 2.77. The lowest BCUT2D eigenvalue weighted by Crippen LogP contribution is -2.19. The summed E-state index contributed by atoms with van der Waals surface area (Å²) >= 11 is 0. The molecule has 0 aliphatic carbocycles. The zero-order valence-corrected chi connectivity index (χ0v) is 10.2. The van der Waals surface area contributed by atoms with Gasteiger partial charge in [-0.05, 0) is 26.2 Å².